The van der Waals surface area contributed by atoms with Crippen molar-refractivity contribution in [3.05, 3.63) is 111 Å². The zero-order chi connectivity index (χ0) is 23.4. The third-order valence-electron chi connectivity index (χ3n) is 5.85. The van der Waals surface area contributed by atoms with Gasteiger partial charge in [-0.3, -0.25) is 4.79 Å². The van der Waals surface area contributed by atoms with Gasteiger partial charge in [-0.2, -0.15) is 4.31 Å². The maximum atomic E-state index is 13.5. The summed E-state index contributed by atoms with van der Waals surface area (Å²) < 4.78 is 28.4. The van der Waals surface area contributed by atoms with Crippen LogP contribution < -0.4 is 5.56 Å². The molecule has 0 aliphatic rings. The number of aromatic nitrogens is 1. The van der Waals surface area contributed by atoms with Crippen molar-refractivity contribution in [2.24, 2.45) is 0 Å². The number of nitrogens with zero attached hydrogens (tertiary/aromatic N) is 1. The van der Waals surface area contributed by atoms with Crippen LogP contribution in [0.1, 0.15) is 29.2 Å². The molecule has 0 saturated heterocycles. The van der Waals surface area contributed by atoms with Crippen molar-refractivity contribution >= 4 is 20.9 Å². The Morgan fingerprint density at radius 3 is 2.39 bits per heavy atom. The number of H-pyrrole nitrogens is 1. The molecule has 0 radical (unpaired) electrons. The minimum Gasteiger partial charge on any atom is -0.322 e. The van der Waals surface area contributed by atoms with Crippen LogP contribution in [-0.2, 0) is 29.4 Å². The third kappa shape index (κ3) is 5.24. The molecule has 0 spiro atoms. The number of sulfonamides is 1. The van der Waals surface area contributed by atoms with E-state index in [2.05, 4.69) is 18.0 Å². The molecule has 0 amide bonds. The molecule has 1 heterocycles. The maximum Gasteiger partial charge on any atom is 0.252 e. The standard InChI is InChI=1S/C27H28N2O3S/c1-3-21-12-13-26-23(17-21)18-24(27(30)28-26)19-29(15-14-22-9-7-8-20(2)16-22)33(31,32)25-10-5-4-6-11-25/h4-13,16-18H,3,14-15,19H2,1-2H3,(H,28,30). The lowest BCUT2D eigenvalue weighted by atomic mass is 10.1. The van der Waals surface area contributed by atoms with E-state index in [0.717, 1.165) is 34.0 Å². The minimum absolute atomic E-state index is 0.00463. The van der Waals surface area contributed by atoms with Gasteiger partial charge in [0, 0.05) is 24.2 Å². The maximum absolute atomic E-state index is 13.5. The third-order valence-corrected chi connectivity index (χ3v) is 7.71. The fraction of sp³-hybridized carbons (Fsp3) is 0.222. The molecule has 0 bridgehead atoms. The van der Waals surface area contributed by atoms with Crippen molar-refractivity contribution in [1.82, 2.24) is 9.29 Å². The van der Waals surface area contributed by atoms with Gasteiger partial charge >= 0.3 is 0 Å². The molecule has 6 heteroatoms. The first kappa shape index (κ1) is 23.0. The van der Waals surface area contributed by atoms with E-state index in [1.807, 2.05) is 49.4 Å². The molecule has 1 aromatic heterocycles. The molecule has 0 fully saturated rings. The lowest BCUT2D eigenvalue weighted by molar-refractivity contribution is 0.408. The Morgan fingerprint density at radius 2 is 1.67 bits per heavy atom. The first-order chi connectivity index (χ1) is 15.9. The summed E-state index contributed by atoms with van der Waals surface area (Å²) in [4.78, 5) is 16.0. The Bertz CT molecular complexity index is 1430. The van der Waals surface area contributed by atoms with Crippen LogP contribution in [0.5, 0.6) is 0 Å². The highest BCUT2D eigenvalue weighted by Gasteiger charge is 2.25. The van der Waals surface area contributed by atoms with Crippen molar-refractivity contribution in [3.63, 3.8) is 0 Å². The number of aromatic amines is 1. The fourth-order valence-corrected chi connectivity index (χ4v) is 5.42. The number of benzene rings is 3. The molecule has 0 aliphatic heterocycles. The Hall–Kier alpha value is -3.22. The summed E-state index contributed by atoms with van der Waals surface area (Å²) in [6, 6.07) is 24.2. The molecule has 1 N–H and O–H groups in total. The molecule has 0 saturated carbocycles. The summed E-state index contributed by atoms with van der Waals surface area (Å²) in [6.45, 7) is 4.37. The first-order valence-corrected chi connectivity index (χ1v) is 12.6. The van der Waals surface area contributed by atoms with Crippen molar-refractivity contribution in [1.29, 1.82) is 0 Å². The summed E-state index contributed by atoms with van der Waals surface area (Å²) in [7, 11) is -3.78. The Labute approximate surface area is 194 Å². The van der Waals surface area contributed by atoms with Gasteiger partial charge in [0.1, 0.15) is 0 Å². The molecule has 4 rings (SSSR count). The molecule has 170 valence electrons. The summed E-state index contributed by atoms with van der Waals surface area (Å²) in [5.41, 5.74) is 4.26. The van der Waals surface area contributed by atoms with Gasteiger partial charge in [-0.05, 0) is 66.6 Å². The minimum atomic E-state index is -3.78. The van der Waals surface area contributed by atoms with E-state index in [1.54, 1.807) is 30.3 Å². The highest BCUT2D eigenvalue weighted by molar-refractivity contribution is 7.89. The number of aryl methyl sites for hydroxylation is 2. The van der Waals surface area contributed by atoms with Crippen LogP contribution >= 0.6 is 0 Å². The summed E-state index contributed by atoms with van der Waals surface area (Å²) in [5, 5.41) is 0.902. The lowest BCUT2D eigenvalue weighted by Crippen LogP contribution is -2.34. The molecule has 5 nitrogen and oxygen atoms in total. The lowest BCUT2D eigenvalue weighted by Gasteiger charge is -2.22. The fourth-order valence-electron chi connectivity index (χ4n) is 3.98. The van der Waals surface area contributed by atoms with Crippen LogP contribution in [0.15, 0.2) is 88.6 Å². The van der Waals surface area contributed by atoms with Gasteiger partial charge in [0.05, 0.1) is 4.90 Å². The van der Waals surface area contributed by atoms with E-state index in [1.165, 1.54) is 4.31 Å². The van der Waals surface area contributed by atoms with Crippen LogP contribution in [0.3, 0.4) is 0 Å². The van der Waals surface area contributed by atoms with E-state index in [-0.39, 0.29) is 23.5 Å². The number of fused-ring (bicyclic) bond motifs is 1. The van der Waals surface area contributed by atoms with Crippen LogP contribution in [0, 0.1) is 6.92 Å². The van der Waals surface area contributed by atoms with Gasteiger partial charge in [-0.1, -0.05) is 61.0 Å². The van der Waals surface area contributed by atoms with E-state index >= 15 is 0 Å². The van der Waals surface area contributed by atoms with Crippen LogP contribution in [0.2, 0.25) is 0 Å². The normalized spacial score (nSPS) is 11.8. The second kappa shape index (κ2) is 9.73. The number of hydrogen-bond donors (Lipinski definition) is 1. The Morgan fingerprint density at radius 1 is 0.879 bits per heavy atom. The van der Waals surface area contributed by atoms with E-state index in [9.17, 15) is 13.2 Å². The van der Waals surface area contributed by atoms with Gasteiger partial charge in [-0.25, -0.2) is 8.42 Å². The topological polar surface area (TPSA) is 70.2 Å². The summed E-state index contributed by atoms with van der Waals surface area (Å²) in [6.07, 6.45) is 1.44. The van der Waals surface area contributed by atoms with Gasteiger partial charge < -0.3 is 4.98 Å². The molecule has 4 aromatic rings. The molecule has 0 atom stereocenters. The van der Waals surface area contributed by atoms with Gasteiger partial charge in [0.15, 0.2) is 0 Å². The highest BCUT2D eigenvalue weighted by Crippen LogP contribution is 2.20. The summed E-state index contributed by atoms with van der Waals surface area (Å²) in [5.74, 6) is 0. The Balaban J connectivity index is 1.71. The van der Waals surface area contributed by atoms with E-state index in [4.69, 9.17) is 0 Å². The predicted octanol–water partition coefficient (Wildman–Crippen LogP) is 4.83. The van der Waals surface area contributed by atoms with E-state index < -0.39 is 10.0 Å². The largest absolute Gasteiger partial charge is 0.322 e. The van der Waals surface area contributed by atoms with Crippen LogP contribution in [-0.4, -0.2) is 24.3 Å². The zero-order valence-electron chi connectivity index (χ0n) is 18.9. The molecule has 3 aromatic carbocycles. The van der Waals surface area contributed by atoms with Gasteiger partial charge in [0.2, 0.25) is 10.0 Å². The monoisotopic (exact) mass is 460 g/mol. The smallest absolute Gasteiger partial charge is 0.252 e. The zero-order valence-corrected chi connectivity index (χ0v) is 19.7. The molecular formula is C27H28N2O3S. The average Bonchev–Trinajstić information content (AvgIpc) is 2.82. The molecule has 0 unspecified atom stereocenters. The molecule has 0 aliphatic carbocycles. The second-order valence-corrected chi connectivity index (χ2v) is 10.2. The van der Waals surface area contributed by atoms with Crippen molar-refractivity contribution in [2.75, 3.05) is 6.54 Å². The summed E-state index contributed by atoms with van der Waals surface area (Å²) >= 11 is 0. The first-order valence-electron chi connectivity index (χ1n) is 11.1. The molecule has 33 heavy (non-hydrogen) atoms. The highest BCUT2D eigenvalue weighted by atomic mass is 32.2. The number of hydrogen-bond acceptors (Lipinski definition) is 3. The van der Waals surface area contributed by atoms with E-state index in [0.29, 0.717) is 12.0 Å². The van der Waals surface area contributed by atoms with Crippen molar-refractivity contribution in [3.8, 4) is 0 Å². The SMILES string of the molecule is CCc1ccc2[nH]c(=O)c(CN(CCc3cccc(C)c3)S(=O)(=O)c3ccccc3)cc2c1. The van der Waals surface area contributed by atoms with Crippen molar-refractivity contribution < 1.29 is 8.42 Å². The predicted molar refractivity (Wildman–Crippen MR) is 133 cm³/mol. The Kier molecular flexibility index (Phi) is 6.77. The molecular weight excluding hydrogens is 432 g/mol. The number of pyridine rings is 1. The average molecular weight is 461 g/mol. The number of nitrogens with one attached hydrogen (secondary N) is 1. The number of rotatable bonds is 8. The van der Waals surface area contributed by atoms with Crippen molar-refractivity contribution in [2.45, 2.75) is 38.1 Å². The second-order valence-electron chi connectivity index (χ2n) is 8.29. The van der Waals surface area contributed by atoms with Crippen LogP contribution in [0.4, 0.5) is 0 Å². The van der Waals surface area contributed by atoms with Crippen LogP contribution in [0.25, 0.3) is 10.9 Å². The quantitative estimate of drug-likeness (QED) is 0.409. The van der Waals surface area contributed by atoms with Gasteiger partial charge in [-0.15, -0.1) is 0 Å². The van der Waals surface area contributed by atoms with Gasteiger partial charge in [0.25, 0.3) is 5.56 Å².